The Morgan fingerprint density at radius 2 is 1.85 bits per heavy atom. The lowest BCUT2D eigenvalue weighted by Gasteiger charge is -2.08. The van der Waals surface area contributed by atoms with Gasteiger partial charge < -0.3 is 14.6 Å². The topological polar surface area (TPSA) is 77.2 Å². The molecule has 0 bridgehead atoms. The van der Waals surface area contributed by atoms with Crippen molar-refractivity contribution in [2.75, 3.05) is 13.2 Å². The number of hydrogen-bond donors (Lipinski definition) is 1. The van der Waals surface area contributed by atoms with E-state index in [0.717, 1.165) is 16.7 Å². The highest BCUT2D eigenvalue weighted by Crippen LogP contribution is 2.16. The number of carbonyl (C=O) groups is 1. The summed E-state index contributed by atoms with van der Waals surface area (Å²) in [5.41, 5.74) is 3.10. The lowest BCUT2D eigenvalue weighted by atomic mass is 10.1. The van der Waals surface area contributed by atoms with Gasteiger partial charge in [-0.3, -0.25) is 4.79 Å². The van der Waals surface area contributed by atoms with Crippen molar-refractivity contribution in [3.8, 4) is 17.1 Å². The zero-order valence-electron chi connectivity index (χ0n) is 14.9. The van der Waals surface area contributed by atoms with Gasteiger partial charge in [-0.15, -0.1) is 0 Å². The summed E-state index contributed by atoms with van der Waals surface area (Å²) in [6.07, 6.45) is 0.467. The van der Waals surface area contributed by atoms with Crippen molar-refractivity contribution in [2.45, 2.75) is 20.3 Å². The molecule has 0 saturated carbocycles. The molecule has 0 aliphatic heterocycles. The third-order valence-corrected chi connectivity index (χ3v) is 3.73. The molecule has 1 aromatic heterocycles. The zero-order chi connectivity index (χ0) is 18.4. The molecule has 0 atom stereocenters. The highest BCUT2D eigenvalue weighted by Gasteiger charge is 2.09. The molecule has 134 valence electrons. The number of rotatable bonds is 7. The maximum atomic E-state index is 11.9. The van der Waals surface area contributed by atoms with Gasteiger partial charge in [-0.1, -0.05) is 41.6 Å². The fourth-order valence-electron chi connectivity index (χ4n) is 2.59. The van der Waals surface area contributed by atoms with Crippen molar-refractivity contribution < 1.29 is 14.1 Å². The Kier molecular flexibility index (Phi) is 5.63. The van der Waals surface area contributed by atoms with E-state index in [1.165, 1.54) is 0 Å². The zero-order valence-corrected chi connectivity index (χ0v) is 14.9. The highest BCUT2D eigenvalue weighted by atomic mass is 16.5. The number of nitrogens with one attached hydrogen (secondary N) is 1. The normalized spacial score (nSPS) is 10.5. The summed E-state index contributed by atoms with van der Waals surface area (Å²) < 4.78 is 10.7. The summed E-state index contributed by atoms with van der Waals surface area (Å²) >= 11 is 0. The Labute approximate surface area is 152 Å². The van der Waals surface area contributed by atoms with E-state index in [0.29, 0.717) is 30.4 Å². The van der Waals surface area contributed by atoms with Gasteiger partial charge in [0.15, 0.2) is 6.61 Å². The summed E-state index contributed by atoms with van der Waals surface area (Å²) in [4.78, 5) is 16.2. The van der Waals surface area contributed by atoms with E-state index in [-0.39, 0.29) is 12.5 Å². The number of aromatic nitrogens is 2. The van der Waals surface area contributed by atoms with Crippen LogP contribution in [0.2, 0.25) is 0 Å². The first kappa shape index (κ1) is 17.7. The largest absolute Gasteiger partial charge is 0.484 e. The number of hydrogen-bond acceptors (Lipinski definition) is 5. The monoisotopic (exact) mass is 351 g/mol. The number of benzene rings is 2. The summed E-state index contributed by atoms with van der Waals surface area (Å²) in [7, 11) is 0. The molecule has 6 nitrogen and oxygen atoms in total. The maximum Gasteiger partial charge on any atom is 0.257 e. The number of aryl methyl sites for hydroxylation is 2. The van der Waals surface area contributed by atoms with Crippen molar-refractivity contribution in [3.63, 3.8) is 0 Å². The molecular weight excluding hydrogens is 330 g/mol. The molecule has 3 rings (SSSR count). The Morgan fingerprint density at radius 1 is 1.12 bits per heavy atom. The molecule has 1 heterocycles. The van der Waals surface area contributed by atoms with Crippen LogP contribution < -0.4 is 10.1 Å². The molecule has 0 spiro atoms. The maximum absolute atomic E-state index is 11.9. The molecule has 0 fully saturated rings. The van der Waals surface area contributed by atoms with Crippen molar-refractivity contribution >= 4 is 5.91 Å². The number of ether oxygens (including phenoxy) is 1. The van der Waals surface area contributed by atoms with E-state index in [2.05, 4.69) is 21.5 Å². The van der Waals surface area contributed by atoms with Crippen LogP contribution in [0.4, 0.5) is 0 Å². The summed E-state index contributed by atoms with van der Waals surface area (Å²) in [6.45, 7) is 4.37. The fraction of sp³-hybridized carbons (Fsp3) is 0.250. The van der Waals surface area contributed by atoms with E-state index < -0.39 is 0 Å². The van der Waals surface area contributed by atoms with E-state index in [1.807, 2.05) is 56.3 Å². The molecule has 2 aromatic carbocycles. The second-order valence-electron chi connectivity index (χ2n) is 6.09. The second-order valence-corrected chi connectivity index (χ2v) is 6.09. The molecule has 1 amide bonds. The Bertz CT molecular complexity index is 855. The number of carbonyl (C=O) groups excluding carboxylic acids is 1. The first-order valence-electron chi connectivity index (χ1n) is 8.46. The standard InChI is InChI=1S/C20H21N3O3/c1-14-10-15(2)12-17(11-14)25-13-18(24)21-9-8-19-22-20(23-26-19)16-6-4-3-5-7-16/h3-7,10-12H,8-9,13H2,1-2H3,(H,21,24). The SMILES string of the molecule is Cc1cc(C)cc(OCC(=O)NCCc2nc(-c3ccccc3)no2)c1. The van der Waals surface area contributed by atoms with Gasteiger partial charge in [-0.25, -0.2) is 0 Å². The minimum atomic E-state index is -0.188. The van der Waals surface area contributed by atoms with Gasteiger partial charge in [0.25, 0.3) is 5.91 Å². The smallest absolute Gasteiger partial charge is 0.257 e. The predicted molar refractivity (Wildman–Crippen MR) is 97.9 cm³/mol. The first-order valence-corrected chi connectivity index (χ1v) is 8.46. The van der Waals surface area contributed by atoms with Crippen LogP contribution >= 0.6 is 0 Å². The Morgan fingerprint density at radius 3 is 2.58 bits per heavy atom. The lowest BCUT2D eigenvalue weighted by Crippen LogP contribution is -2.30. The van der Waals surface area contributed by atoms with Gasteiger partial charge in [0.2, 0.25) is 11.7 Å². The fourth-order valence-corrected chi connectivity index (χ4v) is 2.59. The average Bonchev–Trinajstić information content (AvgIpc) is 3.09. The molecule has 0 radical (unpaired) electrons. The summed E-state index contributed by atoms with van der Waals surface area (Å²) in [5, 5.41) is 6.74. The highest BCUT2D eigenvalue weighted by molar-refractivity contribution is 5.77. The predicted octanol–water partition coefficient (Wildman–Crippen LogP) is 3.09. The van der Waals surface area contributed by atoms with Gasteiger partial charge in [0.05, 0.1) is 0 Å². The van der Waals surface area contributed by atoms with E-state index in [9.17, 15) is 4.79 Å². The molecule has 1 N–H and O–H groups in total. The van der Waals surface area contributed by atoms with Gasteiger partial charge in [-0.2, -0.15) is 4.98 Å². The minimum Gasteiger partial charge on any atom is -0.484 e. The molecule has 0 unspecified atom stereocenters. The molecule has 0 saturated heterocycles. The number of nitrogens with zero attached hydrogens (tertiary/aromatic N) is 2. The van der Waals surface area contributed by atoms with E-state index >= 15 is 0 Å². The van der Waals surface area contributed by atoms with Gasteiger partial charge in [0.1, 0.15) is 5.75 Å². The third kappa shape index (κ3) is 4.92. The van der Waals surface area contributed by atoms with Crippen LogP contribution in [0.1, 0.15) is 17.0 Å². The van der Waals surface area contributed by atoms with Gasteiger partial charge in [-0.05, 0) is 37.1 Å². The molecule has 3 aromatic rings. The van der Waals surface area contributed by atoms with Crippen LogP contribution in [-0.2, 0) is 11.2 Å². The number of amides is 1. The van der Waals surface area contributed by atoms with Crippen molar-refractivity contribution in [1.82, 2.24) is 15.5 Å². The van der Waals surface area contributed by atoms with Crippen molar-refractivity contribution in [1.29, 1.82) is 0 Å². The second kappa shape index (κ2) is 8.29. The van der Waals surface area contributed by atoms with Crippen LogP contribution in [0.5, 0.6) is 5.75 Å². The molecule has 0 aliphatic carbocycles. The lowest BCUT2D eigenvalue weighted by molar-refractivity contribution is -0.123. The summed E-state index contributed by atoms with van der Waals surface area (Å²) in [6, 6.07) is 15.5. The molecule has 6 heteroatoms. The van der Waals surface area contributed by atoms with E-state index in [4.69, 9.17) is 9.26 Å². The van der Waals surface area contributed by atoms with Crippen LogP contribution in [0.3, 0.4) is 0 Å². The Hall–Kier alpha value is -3.15. The molecule has 0 aliphatic rings. The quantitative estimate of drug-likeness (QED) is 0.708. The van der Waals surface area contributed by atoms with E-state index in [1.54, 1.807) is 0 Å². The molecule has 26 heavy (non-hydrogen) atoms. The third-order valence-electron chi connectivity index (χ3n) is 3.73. The van der Waals surface area contributed by atoms with Crippen molar-refractivity contribution in [2.24, 2.45) is 0 Å². The average molecular weight is 351 g/mol. The minimum absolute atomic E-state index is 0.0258. The van der Waals surface area contributed by atoms with Crippen LogP contribution in [-0.4, -0.2) is 29.2 Å². The van der Waals surface area contributed by atoms with Gasteiger partial charge in [0, 0.05) is 18.5 Å². The van der Waals surface area contributed by atoms with Crippen LogP contribution in [0.15, 0.2) is 53.1 Å². The first-order chi connectivity index (χ1) is 12.6. The summed E-state index contributed by atoms with van der Waals surface area (Å²) in [5.74, 6) is 1.54. The van der Waals surface area contributed by atoms with Crippen LogP contribution in [0.25, 0.3) is 11.4 Å². The van der Waals surface area contributed by atoms with Crippen molar-refractivity contribution in [3.05, 3.63) is 65.5 Å². The molecular formula is C20H21N3O3. The Balaban J connectivity index is 1.43. The van der Waals surface area contributed by atoms with Crippen LogP contribution in [0, 0.1) is 13.8 Å². The van der Waals surface area contributed by atoms with Gasteiger partial charge >= 0.3 is 0 Å².